The van der Waals surface area contributed by atoms with Gasteiger partial charge in [0, 0.05) is 19.6 Å². The number of nitrogens with two attached hydrogens (primary N) is 1. The molecule has 0 saturated heterocycles. The molecule has 0 aliphatic carbocycles. The van der Waals surface area contributed by atoms with Gasteiger partial charge < -0.3 is 15.5 Å². The second-order valence-electron chi connectivity index (χ2n) is 4.99. The summed E-state index contributed by atoms with van der Waals surface area (Å²) in [5, 5.41) is 9.35. The minimum atomic E-state index is -0.942. The van der Waals surface area contributed by atoms with Gasteiger partial charge in [-0.1, -0.05) is 30.3 Å². The highest BCUT2D eigenvalue weighted by Gasteiger charge is 2.28. The van der Waals surface area contributed by atoms with Gasteiger partial charge in [-0.05, 0) is 26.7 Å². The van der Waals surface area contributed by atoms with Crippen molar-refractivity contribution in [3.05, 3.63) is 35.9 Å². The quantitative estimate of drug-likeness (QED) is 0.809. The van der Waals surface area contributed by atoms with Crippen LogP contribution in [0.15, 0.2) is 30.3 Å². The average molecular weight is 246 g/mol. The smallest absolute Gasteiger partial charge is 0.142 e. The second-order valence-corrected chi connectivity index (χ2v) is 4.99. The Morgan fingerprint density at radius 3 is 2.28 bits per heavy atom. The molecule has 1 rings (SSSR count). The van der Waals surface area contributed by atoms with Crippen molar-refractivity contribution >= 4 is 0 Å². The molecule has 0 aromatic heterocycles. The minimum Gasteiger partial charge on any atom is -0.309 e. The molecule has 0 fully saturated rings. The molecule has 4 heteroatoms. The maximum Gasteiger partial charge on any atom is 0.142 e. The molecule has 0 aliphatic rings. The molecule has 1 atom stereocenters. The van der Waals surface area contributed by atoms with Crippen molar-refractivity contribution in [3.8, 4) is 6.07 Å². The van der Waals surface area contributed by atoms with Crippen LogP contribution in [-0.2, 0) is 5.54 Å². The van der Waals surface area contributed by atoms with E-state index >= 15 is 0 Å². The zero-order valence-corrected chi connectivity index (χ0v) is 11.4. The molecule has 0 radical (unpaired) electrons. The first-order valence-corrected chi connectivity index (χ1v) is 6.07. The molecule has 18 heavy (non-hydrogen) atoms. The van der Waals surface area contributed by atoms with E-state index in [0.717, 1.165) is 18.7 Å². The van der Waals surface area contributed by atoms with E-state index in [4.69, 9.17) is 5.73 Å². The molecule has 0 bridgehead atoms. The van der Waals surface area contributed by atoms with E-state index in [1.54, 1.807) is 0 Å². The molecule has 1 unspecified atom stereocenters. The lowest BCUT2D eigenvalue weighted by Crippen LogP contribution is -2.46. The van der Waals surface area contributed by atoms with Crippen molar-refractivity contribution in [1.29, 1.82) is 5.26 Å². The third-order valence-corrected chi connectivity index (χ3v) is 2.94. The largest absolute Gasteiger partial charge is 0.309 e. The zero-order valence-electron chi connectivity index (χ0n) is 11.4. The molecule has 2 N–H and O–H groups in total. The molecule has 0 saturated carbocycles. The second kappa shape index (κ2) is 6.50. The van der Waals surface area contributed by atoms with Gasteiger partial charge in [-0.25, -0.2) is 0 Å². The van der Waals surface area contributed by atoms with Crippen LogP contribution in [0.4, 0.5) is 0 Å². The summed E-state index contributed by atoms with van der Waals surface area (Å²) in [4.78, 5) is 4.21. The lowest BCUT2D eigenvalue weighted by Gasteiger charge is -2.28. The van der Waals surface area contributed by atoms with Crippen molar-refractivity contribution in [2.24, 2.45) is 5.73 Å². The average Bonchev–Trinajstić information content (AvgIpc) is 2.37. The maximum atomic E-state index is 9.35. The standard InChI is InChI=1S/C14H22N4/c1-17(2)9-10-18(3)12-14(16,11-15)13-7-5-4-6-8-13/h4-8H,9-10,12,16H2,1-3H3. The highest BCUT2D eigenvalue weighted by Crippen LogP contribution is 2.18. The Balaban J connectivity index is 2.70. The molecule has 98 valence electrons. The summed E-state index contributed by atoms with van der Waals surface area (Å²) in [7, 11) is 6.06. The molecule has 1 aromatic rings. The van der Waals surface area contributed by atoms with Gasteiger partial charge in [0.2, 0.25) is 0 Å². The first-order chi connectivity index (χ1) is 8.48. The number of likely N-dealkylation sites (N-methyl/N-ethyl adjacent to an activating group) is 2. The summed E-state index contributed by atoms with van der Waals surface area (Å²) in [6, 6.07) is 11.8. The van der Waals surface area contributed by atoms with E-state index in [1.807, 2.05) is 51.5 Å². The van der Waals surface area contributed by atoms with Gasteiger partial charge in [-0.3, -0.25) is 0 Å². The zero-order chi connectivity index (χ0) is 13.6. The van der Waals surface area contributed by atoms with E-state index in [9.17, 15) is 5.26 Å². The van der Waals surface area contributed by atoms with Gasteiger partial charge in [0.05, 0.1) is 6.07 Å². The summed E-state index contributed by atoms with van der Waals surface area (Å²) < 4.78 is 0. The minimum absolute atomic E-state index is 0.529. The number of nitriles is 1. The van der Waals surface area contributed by atoms with Crippen molar-refractivity contribution in [3.63, 3.8) is 0 Å². The third kappa shape index (κ3) is 4.11. The normalized spacial score (nSPS) is 14.5. The molecule has 1 aromatic carbocycles. The number of rotatable bonds is 6. The molecular weight excluding hydrogens is 224 g/mol. The van der Waals surface area contributed by atoms with E-state index < -0.39 is 5.54 Å². The van der Waals surface area contributed by atoms with E-state index in [-0.39, 0.29) is 0 Å². The fraction of sp³-hybridized carbons (Fsp3) is 0.500. The third-order valence-electron chi connectivity index (χ3n) is 2.94. The molecular formula is C14H22N4. The molecule has 0 heterocycles. The first kappa shape index (κ1) is 14.7. The first-order valence-electron chi connectivity index (χ1n) is 6.07. The highest BCUT2D eigenvalue weighted by atomic mass is 15.2. The van der Waals surface area contributed by atoms with E-state index in [2.05, 4.69) is 15.9 Å². The van der Waals surface area contributed by atoms with Gasteiger partial charge in [0.1, 0.15) is 5.54 Å². The fourth-order valence-corrected chi connectivity index (χ4v) is 1.80. The molecule has 0 amide bonds. The fourth-order valence-electron chi connectivity index (χ4n) is 1.80. The van der Waals surface area contributed by atoms with E-state index in [0.29, 0.717) is 6.54 Å². The van der Waals surface area contributed by atoms with Crippen LogP contribution in [0.3, 0.4) is 0 Å². The summed E-state index contributed by atoms with van der Waals surface area (Å²) in [5.41, 5.74) is 6.13. The van der Waals surface area contributed by atoms with Crippen LogP contribution in [0, 0.1) is 11.3 Å². The number of hydrogen-bond donors (Lipinski definition) is 1. The molecule has 0 aliphatic heterocycles. The summed E-state index contributed by atoms with van der Waals surface area (Å²) in [5.74, 6) is 0. The summed E-state index contributed by atoms with van der Waals surface area (Å²) >= 11 is 0. The monoisotopic (exact) mass is 246 g/mol. The van der Waals surface area contributed by atoms with Crippen molar-refractivity contribution in [1.82, 2.24) is 9.80 Å². The Hall–Kier alpha value is -1.41. The van der Waals surface area contributed by atoms with Crippen molar-refractivity contribution < 1.29 is 0 Å². The lowest BCUT2D eigenvalue weighted by molar-refractivity contribution is 0.249. The van der Waals surface area contributed by atoms with Crippen LogP contribution in [0.1, 0.15) is 5.56 Å². The molecule has 4 nitrogen and oxygen atoms in total. The summed E-state index contributed by atoms with van der Waals surface area (Å²) in [6.45, 7) is 2.37. The predicted molar refractivity (Wildman–Crippen MR) is 74.0 cm³/mol. The van der Waals surface area contributed by atoms with Gasteiger partial charge in [-0.15, -0.1) is 0 Å². The van der Waals surface area contributed by atoms with Crippen LogP contribution in [0.5, 0.6) is 0 Å². The molecule has 0 spiro atoms. The highest BCUT2D eigenvalue weighted by molar-refractivity contribution is 5.31. The summed E-state index contributed by atoms with van der Waals surface area (Å²) in [6.07, 6.45) is 0. The van der Waals surface area contributed by atoms with E-state index in [1.165, 1.54) is 0 Å². The Kier molecular flexibility index (Phi) is 5.29. The van der Waals surface area contributed by atoms with Crippen LogP contribution in [-0.4, -0.2) is 50.6 Å². The van der Waals surface area contributed by atoms with Crippen molar-refractivity contribution in [2.75, 3.05) is 40.8 Å². The number of hydrogen-bond acceptors (Lipinski definition) is 4. The van der Waals surface area contributed by atoms with Crippen molar-refractivity contribution in [2.45, 2.75) is 5.54 Å². The number of nitrogens with zero attached hydrogens (tertiary/aromatic N) is 3. The van der Waals surface area contributed by atoms with Crippen LogP contribution in [0.2, 0.25) is 0 Å². The Morgan fingerprint density at radius 1 is 1.17 bits per heavy atom. The predicted octanol–water partition coefficient (Wildman–Crippen LogP) is 0.858. The topological polar surface area (TPSA) is 56.3 Å². The van der Waals surface area contributed by atoms with Gasteiger partial charge >= 0.3 is 0 Å². The van der Waals surface area contributed by atoms with Gasteiger partial charge in [0.25, 0.3) is 0 Å². The maximum absolute atomic E-state index is 9.35. The SMILES string of the molecule is CN(C)CCN(C)CC(N)(C#N)c1ccccc1. The van der Waals surface area contributed by atoms with Gasteiger partial charge in [0.15, 0.2) is 0 Å². The van der Waals surface area contributed by atoms with Crippen LogP contribution < -0.4 is 5.73 Å². The van der Waals surface area contributed by atoms with Crippen LogP contribution in [0.25, 0.3) is 0 Å². The lowest BCUT2D eigenvalue weighted by atomic mass is 9.92. The van der Waals surface area contributed by atoms with Crippen LogP contribution >= 0.6 is 0 Å². The number of benzene rings is 1. The Labute approximate surface area is 110 Å². The Morgan fingerprint density at radius 2 is 1.78 bits per heavy atom. The Bertz CT molecular complexity index is 396. The van der Waals surface area contributed by atoms with Gasteiger partial charge in [-0.2, -0.15) is 5.26 Å².